The molecule has 2 aromatic rings. The molecule has 0 aromatic carbocycles. The summed E-state index contributed by atoms with van der Waals surface area (Å²) in [5.41, 5.74) is 3.94. The van der Waals surface area contributed by atoms with Gasteiger partial charge in [0, 0.05) is 31.2 Å². The van der Waals surface area contributed by atoms with Crippen LogP contribution in [0.15, 0.2) is 24.8 Å². The van der Waals surface area contributed by atoms with Crippen molar-refractivity contribution in [3.8, 4) is 0 Å². The highest BCUT2D eigenvalue weighted by atomic mass is 16.1. The largest absolute Gasteiger partial charge is 0.350 e. The normalized spacial score (nSPS) is 17.2. The van der Waals surface area contributed by atoms with Crippen LogP contribution in [-0.4, -0.2) is 40.1 Å². The standard InChI is InChI=1S/C18H25N5O/c1-13-14(2)23(12-22-13)6-5-21-18(24)17-8-16(10-20-11-17)7-15-3-4-19-9-15/h8,10-12,15,19H,3-7,9H2,1-2H3,(H,21,24). The Labute approximate surface area is 142 Å². The molecule has 1 amide bonds. The van der Waals surface area contributed by atoms with Crippen molar-refractivity contribution in [2.45, 2.75) is 33.2 Å². The monoisotopic (exact) mass is 327 g/mol. The topological polar surface area (TPSA) is 71.8 Å². The number of hydrogen-bond donors (Lipinski definition) is 2. The van der Waals surface area contributed by atoms with Gasteiger partial charge in [-0.05, 0) is 57.3 Å². The number of carbonyl (C=O) groups is 1. The summed E-state index contributed by atoms with van der Waals surface area (Å²) in [7, 11) is 0. The first-order valence-electron chi connectivity index (χ1n) is 8.54. The molecule has 0 spiro atoms. The number of rotatable bonds is 6. The number of aromatic nitrogens is 3. The van der Waals surface area contributed by atoms with Gasteiger partial charge in [0.25, 0.3) is 5.91 Å². The molecule has 24 heavy (non-hydrogen) atoms. The van der Waals surface area contributed by atoms with Crippen LogP contribution in [0.4, 0.5) is 0 Å². The van der Waals surface area contributed by atoms with Crippen LogP contribution in [0, 0.1) is 19.8 Å². The van der Waals surface area contributed by atoms with E-state index >= 15 is 0 Å². The zero-order valence-electron chi connectivity index (χ0n) is 14.4. The van der Waals surface area contributed by atoms with Crippen LogP contribution in [-0.2, 0) is 13.0 Å². The molecule has 1 fully saturated rings. The molecule has 1 unspecified atom stereocenters. The Kier molecular flexibility index (Phi) is 5.25. The summed E-state index contributed by atoms with van der Waals surface area (Å²) in [5.74, 6) is 0.584. The fourth-order valence-corrected chi connectivity index (χ4v) is 3.11. The van der Waals surface area contributed by atoms with Crippen molar-refractivity contribution < 1.29 is 4.79 Å². The Morgan fingerprint density at radius 2 is 2.29 bits per heavy atom. The van der Waals surface area contributed by atoms with Gasteiger partial charge < -0.3 is 15.2 Å². The predicted octanol–water partition coefficient (Wildman–Crippen LogP) is 1.48. The van der Waals surface area contributed by atoms with E-state index in [-0.39, 0.29) is 5.91 Å². The Bertz CT molecular complexity index is 703. The molecule has 1 saturated heterocycles. The van der Waals surface area contributed by atoms with Gasteiger partial charge in [-0.25, -0.2) is 4.98 Å². The van der Waals surface area contributed by atoms with E-state index < -0.39 is 0 Å². The third-order valence-corrected chi connectivity index (χ3v) is 4.73. The second-order valence-corrected chi connectivity index (χ2v) is 6.51. The molecular weight excluding hydrogens is 302 g/mol. The van der Waals surface area contributed by atoms with Crippen LogP contribution >= 0.6 is 0 Å². The van der Waals surface area contributed by atoms with E-state index in [2.05, 4.69) is 25.2 Å². The number of carbonyl (C=O) groups excluding carboxylic acids is 1. The second-order valence-electron chi connectivity index (χ2n) is 6.51. The molecule has 3 rings (SSSR count). The smallest absolute Gasteiger partial charge is 0.252 e. The molecule has 0 bridgehead atoms. The van der Waals surface area contributed by atoms with E-state index in [4.69, 9.17) is 0 Å². The van der Waals surface area contributed by atoms with E-state index in [9.17, 15) is 4.79 Å². The average molecular weight is 327 g/mol. The highest BCUT2D eigenvalue weighted by molar-refractivity contribution is 5.93. The molecule has 3 heterocycles. The van der Waals surface area contributed by atoms with Crippen LogP contribution in [0.2, 0.25) is 0 Å². The maximum Gasteiger partial charge on any atom is 0.252 e. The van der Waals surface area contributed by atoms with Crippen LogP contribution in [0.5, 0.6) is 0 Å². The van der Waals surface area contributed by atoms with E-state index in [1.165, 1.54) is 6.42 Å². The molecular formula is C18H25N5O. The van der Waals surface area contributed by atoms with Crippen molar-refractivity contribution >= 4 is 5.91 Å². The second kappa shape index (κ2) is 7.57. The van der Waals surface area contributed by atoms with Crippen LogP contribution in [0.1, 0.15) is 33.7 Å². The highest BCUT2D eigenvalue weighted by Gasteiger charge is 2.16. The van der Waals surface area contributed by atoms with Gasteiger partial charge >= 0.3 is 0 Å². The maximum absolute atomic E-state index is 12.3. The van der Waals surface area contributed by atoms with Crippen LogP contribution in [0.25, 0.3) is 0 Å². The third-order valence-electron chi connectivity index (χ3n) is 4.73. The number of imidazole rings is 1. The van der Waals surface area contributed by atoms with Gasteiger partial charge in [-0.1, -0.05) is 0 Å². The van der Waals surface area contributed by atoms with Crippen LogP contribution in [0.3, 0.4) is 0 Å². The number of hydrogen-bond acceptors (Lipinski definition) is 4. The number of amides is 1. The molecule has 128 valence electrons. The lowest BCUT2D eigenvalue weighted by atomic mass is 9.99. The van der Waals surface area contributed by atoms with Gasteiger partial charge in [0.05, 0.1) is 17.6 Å². The first-order chi connectivity index (χ1) is 11.6. The van der Waals surface area contributed by atoms with Gasteiger partial charge in [0.1, 0.15) is 0 Å². The molecule has 1 aliphatic rings. The molecule has 6 heteroatoms. The SMILES string of the molecule is Cc1ncn(CCNC(=O)c2cncc(CC3CCNC3)c2)c1C. The van der Waals surface area contributed by atoms with Crippen LogP contribution < -0.4 is 10.6 Å². The minimum Gasteiger partial charge on any atom is -0.350 e. The summed E-state index contributed by atoms with van der Waals surface area (Å²) in [5, 5.41) is 6.34. The minimum absolute atomic E-state index is 0.0663. The van der Waals surface area contributed by atoms with Gasteiger partial charge in [0.15, 0.2) is 0 Å². The number of nitrogens with one attached hydrogen (secondary N) is 2. The third kappa shape index (κ3) is 4.00. The predicted molar refractivity (Wildman–Crippen MR) is 93.0 cm³/mol. The number of aryl methyl sites for hydroxylation is 1. The van der Waals surface area contributed by atoms with E-state index in [1.54, 1.807) is 6.20 Å². The summed E-state index contributed by atoms with van der Waals surface area (Å²) in [6, 6.07) is 1.97. The van der Waals surface area contributed by atoms with Gasteiger partial charge in [0.2, 0.25) is 0 Å². The molecule has 6 nitrogen and oxygen atoms in total. The molecule has 0 aliphatic carbocycles. The van der Waals surface area contributed by atoms with Gasteiger partial charge in [-0.3, -0.25) is 9.78 Å². The van der Waals surface area contributed by atoms with Crippen molar-refractivity contribution in [1.82, 2.24) is 25.2 Å². The van der Waals surface area contributed by atoms with Gasteiger partial charge in [-0.2, -0.15) is 0 Å². The lowest BCUT2D eigenvalue weighted by Crippen LogP contribution is -2.27. The fraction of sp³-hybridized carbons (Fsp3) is 0.500. The Morgan fingerprint density at radius 3 is 3.00 bits per heavy atom. The molecule has 2 aromatic heterocycles. The lowest BCUT2D eigenvalue weighted by Gasteiger charge is -2.10. The number of pyridine rings is 1. The molecule has 1 aliphatic heterocycles. The fourth-order valence-electron chi connectivity index (χ4n) is 3.11. The minimum atomic E-state index is -0.0663. The first-order valence-corrected chi connectivity index (χ1v) is 8.54. The summed E-state index contributed by atoms with van der Waals surface area (Å²) < 4.78 is 2.05. The van der Waals surface area contributed by atoms with Crippen molar-refractivity contribution in [1.29, 1.82) is 0 Å². The summed E-state index contributed by atoms with van der Waals surface area (Å²) in [4.78, 5) is 20.8. The average Bonchev–Trinajstić information content (AvgIpc) is 3.20. The molecule has 2 N–H and O–H groups in total. The Balaban J connectivity index is 1.53. The Morgan fingerprint density at radius 1 is 1.42 bits per heavy atom. The summed E-state index contributed by atoms with van der Waals surface area (Å²) in [6.07, 6.45) is 7.49. The highest BCUT2D eigenvalue weighted by Crippen LogP contribution is 2.15. The summed E-state index contributed by atoms with van der Waals surface area (Å²) in [6.45, 7) is 7.47. The number of nitrogens with zero attached hydrogens (tertiary/aromatic N) is 3. The molecule has 0 saturated carbocycles. The van der Waals surface area contributed by atoms with Crippen molar-refractivity contribution in [3.63, 3.8) is 0 Å². The van der Waals surface area contributed by atoms with Crippen molar-refractivity contribution in [2.24, 2.45) is 5.92 Å². The quantitative estimate of drug-likeness (QED) is 0.843. The first kappa shape index (κ1) is 16.6. The van der Waals surface area contributed by atoms with E-state index in [1.807, 2.05) is 32.4 Å². The van der Waals surface area contributed by atoms with Crippen molar-refractivity contribution in [3.05, 3.63) is 47.3 Å². The van der Waals surface area contributed by atoms with E-state index in [0.29, 0.717) is 18.0 Å². The summed E-state index contributed by atoms with van der Waals surface area (Å²) >= 11 is 0. The zero-order valence-corrected chi connectivity index (χ0v) is 14.4. The zero-order chi connectivity index (χ0) is 16.9. The van der Waals surface area contributed by atoms with Crippen molar-refractivity contribution in [2.75, 3.05) is 19.6 Å². The molecule has 1 atom stereocenters. The lowest BCUT2D eigenvalue weighted by molar-refractivity contribution is 0.0951. The van der Waals surface area contributed by atoms with Gasteiger partial charge in [-0.15, -0.1) is 0 Å². The Hall–Kier alpha value is -2.21. The van der Waals surface area contributed by atoms with E-state index in [0.717, 1.165) is 43.0 Å². The molecule has 0 radical (unpaired) electrons. The maximum atomic E-state index is 12.3.